The maximum Gasteiger partial charge on any atom is 0.282 e. The molecule has 2 rings (SSSR count). The number of hydrogen-bond donors (Lipinski definition) is 2. The van der Waals surface area contributed by atoms with Crippen molar-refractivity contribution in [1.82, 2.24) is 15.5 Å². The molecule has 0 spiro atoms. The molecule has 0 radical (unpaired) electrons. The zero-order valence-corrected chi connectivity index (χ0v) is 11.2. The maximum atomic E-state index is 12.1. The minimum Gasteiger partial charge on any atom is -0.345 e. The molecule has 7 nitrogen and oxygen atoms in total. The van der Waals surface area contributed by atoms with E-state index in [0.717, 1.165) is 5.56 Å². The molecule has 1 amide bonds. The Morgan fingerprint density at radius 2 is 2.30 bits per heavy atom. The van der Waals surface area contributed by atoms with Crippen molar-refractivity contribution in [2.24, 2.45) is 0 Å². The second-order valence-electron chi connectivity index (χ2n) is 4.15. The lowest BCUT2D eigenvalue weighted by Gasteiger charge is -2.12. The minimum atomic E-state index is -0.617. The summed E-state index contributed by atoms with van der Waals surface area (Å²) >= 11 is 5.78. The summed E-state index contributed by atoms with van der Waals surface area (Å²) in [4.78, 5) is 22.4. The van der Waals surface area contributed by atoms with E-state index in [1.807, 2.05) is 0 Å². The summed E-state index contributed by atoms with van der Waals surface area (Å²) in [6, 6.07) is 3.52. The molecule has 20 heavy (non-hydrogen) atoms. The number of H-pyrrole nitrogens is 1. The summed E-state index contributed by atoms with van der Waals surface area (Å²) in [5, 5.41) is 20.2. The van der Waals surface area contributed by atoms with Crippen molar-refractivity contribution in [3.8, 4) is 0 Å². The average Bonchev–Trinajstić information content (AvgIpc) is 2.92. The monoisotopic (exact) mass is 294 g/mol. The number of amides is 1. The summed E-state index contributed by atoms with van der Waals surface area (Å²) < 4.78 is 0. The average molecular weight is 295 g/mol. The van der Waals surface area contributed by atoms with Gasteiger partial charge in [0.05, 0.1) is 17.2 Å². The summed E-state index contributed by atoms with van der Waals surface area (Å²) in [7, 11) is 0. The Kier molecular flexibility index (Phi) is 3.99. The van der Waals surface area contributed by atoms with Gasteiger partial charge in [-0.2, -0.15) is 5.10 Å². The third-order valence-electron chi connectivity index (χ3n) is 2.77. The van der Waals surface area contributed by atoms with Gasteiger partial charge in [0.1, 0.15) is 5.56 Å². The number of nitro groups is 1. The van der Waals surface area contributed by atoms with E-state index in [1.54, 1.807) is 19.3 Å². The quantitative estimate of drug-likeness (QED) is 0.668. The van der Waals surface area contributed by atoms with Crippen molar-refractivity contribution in [3.63, 3.8) is 0 Å². The van der Waals surface area contributed by atoms with Crippen molar-refractivity contribution < 1.29 is 9.72 Å². The predicted molar refractivity (Wildman–Crippen MR) is 72.6 cm³/mol. The number of rotatable bonds is 4. The molecule has 1 heterocycles. The minimum absolute atomic E-state index is 0.0714. The van der Waals surface area contributed by atoms with Gasteiger partial charge in [-0.25, -0.2) is 0 Å². The van der Waals surface area contributed by atoms with Crippen molar-refractivity contribution in [2.45, 2.75) is 13.0 Å². The first kappa shape index (κ1) is 14.0. The Balaban J connectivity index is 2.25. The Hall–Kier alpha value is -2.41. The third-order valence-corrected chi connectivity index (χ3v) is 3.00. The summed E-state index contributed by atoms with van der Waals surface area (Å²) in [5.41, 5.74) is 0.409. The van der Waals surface area contributed by atoms with Crippen LogP contribution >= 0.6 is 11.6 Å². The largest absolute Gasteiger partial charge is 0.345 e. The van der Waals surface area contributed by atoms with Crippen LogP contribution in [0.1, 0.15) is 28.9 Å². The highest BCUT2D eigenvalue weighted by atomic mass is 35.5. The summed E-state index contributed by atoms with van der Waals surface area (Å²) in [6.07, 6.45) is 3.20. The standard InChI is InChI=1S/C12H11ClN4O3/c1-7(8-5-14-15-6-8)16-12(18)10-4-9(13)2-3-11(10)17(19)20/h2-7H,1H3,(H,14,15)(H,16,18). The number of aromatic amines is 1. The molecule has 0 saturated carbocycles. The third kappa shape index (κ3) is 2.94. The predicted octanol–water partition coefficient (Wildman–Crippen LogP) is 2.46. The summed E-state index contributed by atoms with van der Waals surface area (Å²) in [6.45, 7) is 1.75. The van der Waals surface area contributed by atoms with Crippen LogP contribution in [0.2, 0.25) is 5.02 Å². The lowest BCUT2D eigenvalue weighted by Crippen LogP contribution is -2.27. The molecule has 0 saturated heterocycles. The van der Waals surface area contributed by atoms with Crippen LogP contribution in [0.15, 0.2) is 30.6 Å². The van der Waals surface area contributed by atoms with Gasteiger partial charge < -0.3 is 5.32 Å². The number of nitrogens with one attached hydrogen (secondary N) is 2. The van der Waals surface area contributed by atoms with Crippen LogP contribution in [0.25, 0.3) is 0 Å². The highest BCUT2D eigenvalue weighted by molar-refractivity contribution is 6.31. The van der Waals surface area contributed by atoms with E-state index in [4.69, 9.17) is 11.6 Å². The van der Waals surface area contributed by atoms with Gasteiger partial charge in [0.25, 0.3) is 11.6 Å². The molecule has 2 aromatic rings. The van der Waals surface area contributed by atoms with Crippen molar-refractivity contribution in [2.75, 3.05) is 0 Å². The molecule has 1 aromatic heterocycles. The van der Waals surface area contributed by atoms with Crippen LogP contribution in [0.3, 0.4) is 0 Å². The van der Waals surface area contributed by atoms with E-state index in [-0.39, 0.29) is 22.3 Å². The van der Waals surface area contributed by atoms with E-state index < -0.39 is 10.8 Å². The van der Waals surface area contributed by atoms with Gasteiger partial charge in [0, 0.05) is 22.8 Å². The fourth-order valence-electron chi connectivity index (χ4n) is 1.70. The number of nitrogens with zero attached hydrogens (tertiary/aromatic N) is 2. The van der Waals surface area contributed by atoms with Gasteiger partial charge in [0.2, 0.25) is 0 Å². The topological polar surface area (TPSA) is 101 Å². The number of hydrogen-bond acceptors (Lipinski definition) is 4. The van der Waals surface area contributed by atoms with Crippen LogP contribution in [0, 0.1) is 10.1 Å². The Bertz CT molecular complexity index is 642. The zero-order valence-electron chi connectivity index (χ0n) is 10.5. The molecular weight excluding hydrogens is 284 g/mol. The highest BCUT2D eigenvalue weighted by Gasteiger charge is 2.22. The van der Waals surface area contributed by atoms with E-state index >= 15 is 0 Å². The molecule has 0 bridgehead atoms. The second-order valence-corrected chi connectivity index (χ2v) is 4.58. The normalized spacial score (nSPS) is 11.9. The number of nitro benzene ring substituents is 1. The first-order valence-electron chi connectivity index (χ1n) is 5.72. The molecule has 1 atom stereocenters. The van der Waals surface area contributed by atoms with Crippen molar-refractivity contribution in [1.29, 1.82) is 0 Å². The number of halogens is 1. The first-order chi connectivity index (χ1) is 9.49. The smallest absolute Gasteiger partial charge is 0.282 e. The maximum absolute atomic E-state index is 12.1. The molecule has 2 N–H and O–H groups in total. The SMILES string of the molecule is CC(NC(=O)c1cc(Cl)ccc1[N+](=O)[O-])c1cn[nH]c1. The number of benzene rings is 1. The van der Waals surface area contributed by atoms with Gasteiger partial charge in [-0.15, -0.1) is 0 Å². The molecule has 0 fully saturated rings. The van der Waals surface area contributed by atoms with E-state index in [0.29, 0.717) is 0 Å². The summed E-state index contributed by atoms with van der Waals surface area (Å²) in [5.74, 6) is -0.562. The molecule has 0 aliphatic heterocycles. The van der Waals surface area contributed by atoms with Crippen molar-refractivity contribution in [3.05, 3.63) is 56.9 Å². The molecule has 1 unspecified atom stereocenters. The van der Waals surface area contributed by atoms with Gasteiger partial charge in [-0.05, 0) is 19.1 Å². The van der Waals surface area contributed by atoms with Gasteiger partial charge in [-0.1, -0.05) is 11.6 Å². The highest BCUT2D eigenvalue weighted by Crippen LogP contribution is 2.23. The molecule has 0 aliphatic carbocycles. The fraction of sp³-hybridized carbons (Fsp3) is 0.167. The van der Waals surface area contributed by atoms with Crippen LogP contribution in [0.4, 0.5) is 5.69 Å². The molecular formula is C12H11ClN4O3. The van der Waals surface area contributed by atoms with E-state index in [1.165, 1.54) is 18.2 Å². The van der Waals surface area contributed by atoms with Crippen LogP contribution in [-0.4, -0.2) is 21.0 Å². The van der Waals surface area contributed by atoms with Gasteiger partial charge in [0.15, 0.2) is 0 Å². The molecule has 8 heteroatoms. The Morgan fingerprint density at radius 1 is 1.55 bits per heavy atom. The number of aromatic nitrogens is 2. The Morgan fingerprint density at radius 3 is 2.90 bits per heavy atom. The van der Waals surface area contributed by atoms with Crippen LogP contribution < -0.4 is 5.32 Å². The molecule has 1 aromatic carbocycles. The molecule has 0 aliphatic rings. The van der Waals surface area contributed by atoms with E-state index in [2.05, 4.69) is 15.5 Å². The molecule has 104 valence electrons. The Labute approximate surface area is 119 Å². The van der Waals surface area contributed by atoms with Gasteiger partial charge >= 0.3 is 0 Å². The first-order valence-corrected chi connectivity index (χ1v) is 6.10. The number of carbonyl (C=O) groups excluding carboxylic acids is 1. The lowest BCUT2D eigenvalue weighted by molar-refractivity contribution is -0.385. The second kappa shape index (κ2) is 5.70. The fourth-order valence-corrected chi connectivity index (χ4v) is 1.88. The lowest BCUT2D eigenvalue weighted by atomic mass is 10.1. The van der Waals surface area contributed by atoms with E-state index in [9.17, 15) is 14.9 Å². The number of carbonyl (C=O) groups is 1. The zero-order chi connectivity index (χ0) is 14.7. The van der Waals surface area contributed by atoms with Gasteiger partial charge in [-0.3, -0.25) is 20.0 Å². The van der Waals surface area contributed by atoms with Crippen LogP contribution in [-0.2, 0) is 0 Å². The van der Waals surface area contributed by atoms with Crippen LogP contribution in [0.5, 0.6) is 0 Å². The van der Waals surface area contributed by atoms with Crippen molar-refractivity contribution >= 4 is 23.2 Å².